The fourth-order valence-corrected chi connectivity index (χ4v) is 6.52. The first kappa shape index (κ1) is 52.0. The predicted molar refractivity (Wildman–Crippen MR) is 217 cm³/mol. The SMILES string of the molecule is CCCC/C=C\CCCCCCCC(=O)OC[C@H](COP(=O)(O)OC[C@H](N)C(=O)O)OC(=O)CCCCCCCCCCC/C=C\CCCCCCCC. The summed E-state index contributed by atoms with van der Waals surface area (Å²) >= 11 is 0. The van der Waals surface area contributed by atoms with Gasteiger partial charge in [-0.05, 0) is 57.8 Å². The summed E-state index contributed by atoms with van der Waals surface area (Å²) in [5, 5.41) is 8.87. The van der Waals surface area contributed by atoms with Crippen LogP contribution >= 0.6 is 7.82 Å². The topological polar surface area (TPSA) is 172 Å². The van der Waals surface area contributed by atoms with Gasteiger partial charge in [-0.15, -0.1) is 0 Å². The third-order valence-electron chi connectivity index (χ3n) is 9.17. The van der Waals surface area contributed by atoms with Crippen molar-refractivity contribution in [1.82, 2.24) is 0 Å². The lowest BCUT2D eigenvalue weighted by Gasteiger charge is -2.20. The van der Waals surface area contributed by atoms with Crippen LogP contribution in [0.15, 0.2) is 24.3 Å². The summed E-state index contributed by atoms with van der Waals surface area (Å²) in [4.78, 5) is 45.8. The first-order chi connectivity index (χ1) is 26.1. The molecule has 12 heteroatoms. The minimum atomic E-state index is -4.71. The molecule has 0 aliphatic carbocycles. The molecule has 0 saturated heterocycles. The molecule has 0 fully saturated rings. The molecule has 0 rings (SSSR count). The lowest BCUT2D eigenvalue weighted by atomic mass is 10.1. The van der Waals surface area contributed by atoms with Crippen LogP contribution in [0.1, 0.15) is 194 Å². The van der Waals surface area contributed by atoms with E-state index in [4.69, 9.17) is 24.8 Å². The van der Waals surface area contributed by atoms with Crippen LogP contribution in [0, 0.1) is 0 Å². The molecular weight excluding hydrogens is 709 g/mol. The smallest absolute Gasteiger partial charge is 0.472 e. The number of hydrogen-bond acceptors (Lipinski definition) is 9. The van der Waals surface area contributed by atoms with Gasteiger partial charge in [0.1, 0.15) is 12.6 Å². The molecule has 0 amide bonds. The molecule has 11 nitrogen and oxygen atoms in total. The van der Waals surface area contributed by atoms with Gasteiger partial charge in [0.15, 0.2) is 6.10 Å². The van der Waals surface area contributed by atoms with E-state index in [9.17, 15) is 23.8 Å². The van der Waals surface area contributed by atoms with Gasteiger partial charge in [0, 0.05) is 12.8 Å². The van der Waals surface area contributed by atoms with Crippen molar-refractivity contribution in [2.24, 2.45) is 5.73 Å². The first-order valence-corrected chi connectivity index (χ1v) is 22.9. The highest BCUT2D eigenvalue weighted by Crippen LogP contribution is 2.43. The van der Waals surface area contributed by atoms with E-state index in [1.54, 1.807) is 0 Å². The number of ether oxygens (including phenoxy) is 2. The summed E-state index contributed by atoms with van der Waals surface area (Å²) in [7, 11) is -4.71. The molecule has 0 spiro atoms. The number of carboxylic acid groups (broad SMARTS) is 1. The highest BCUT2D eigenvalue weighted by molar-refractivity contribution is 7.47. The second-order valence-corrected chi connectivity index (χ2v) is 15.9. The summed E-state index contributed by atoms with van der Waals surface area (Å²) < 4.78 is 32.6. The van der Waals surface area contributed by atoms with Gasteiger partial charge in [0.05, 0.1) is 13.2 Å². The Morgan fingerprint density at radius 1 is 0.556 bits per heavy atom. The Kier molecular flexibility index (Phi) is 36.4. The largest absolute Gasteiger partial charge is 0.480 e. The maximum Gasteiger partial charge on any atom is 0.472 e. The maximum atomic E-state index is 12.6. The highest BCUT2D eigenvalue weighted by Gasteiger charge is 2.28. The van der Waals surface area contributed by atoms with Crippen LogP contribution in [-0.2, 0) is 37.5 Å². The molecular formula is C42H78NO10P. The van der Waals surface area contributed by atoms with E-state index in [2.05, 4.69) is 42.7 Å². The fraction of sp³-hybridized carbons (Fsp3) is 0.833. The van der Waals surface area contributed by atoms with Crippen molar-refractivity contribution >= 4 is 25.7 Å². The Hall–Kier alpha value is -2.04. The van der Waals surface area contributed by atoms with Crippen molar-refractivity contribution in [3.05, 3.63) is 24.3 Å². The van der Waals surface area contributed by atoms with Crippen LogP contribution in [-0.4, -0.2) is 59.9 Å². The van der Waals surface area contributed by atoms with Crippen LogP contribution in [0.2, 0.25) is 0 Å². The number of unbranched alkanes of at least 4 members (excludes halogenated alkanes) is 22. The summed E-state index contributed by atoms with van der Waals surface area (Å²) in [6, 6.07) is -1.52. The highest BCUT2D eigenvalue weighted by atomic mass is 31.2. The van der Waals surface area contributed by atoms with Crippen LogP contribution in [0.4, 0.5) is 0 Å². The zero-order chi connectivity index (χ0) is 40.0. The van der Waals surface area contributed by atoms with Gasteiger partial charge in [-0.3, -0.25) is 23.4 Å². The average molecular weight is 788 g/mol. The Labute approximate surface area is 328 Å². The molecule has 54 heavy (non-hydrogen) atoms. The third-order valence-corrected chi connectivity index (χ3v) is 10.1. The van der Waals surface area contributed by atoms with Gasteiger partial charge in [0.2, 0.25) is 0 Å². The lowest BCUT2D eigenvalue weighted by molar-refractivity contribution is -0.161. The van der Waals surface area contributed by atoms with E-state index >= 15 is 0 Å². The van der Waals surface area contributed by atoms with Crippen molar-refractivity contribution in [3.63, 3.8) is 0 Å². The minimum absolute atomic E-state index is 0.159. The summed E-state index contributed by atoms with van der Waals surface area (Å²) in [6.45, 7) is 2.75. The first-order valence-electron chi connectivity index (χ1n) is 21.4. The number of phosphoric acid groups is 1. The molecule has 0 bridgehead atoms. The molecule has 0 aliphatic heterocycles. The average Bonchev–Trinajstić information content (AvgIpc) is 3.14. The molecule has 4 N–H and O–H groups in total. The van der Waals surface area contributed by atoms with Crippen molar-refractivity contribution in [1.29, 1.82) is 0 Å². The van der Waals surface area contributed by atoms with Gasteiger partial charge in [-0.25, -0.2) is 4.57 Å². The molecule has 0 aromatic carbocycles. The molecule has 0 heterocycles. The number of carbonyl (C=O) groups is 3. The molecule has 0 radical (unpaired) electrons. The number of hydrogen-bond donors (Lipinski definition) is 3. The van der Waals surface area contributed by atoms with E-state index in [0.29, 0.717) is 12.8 Å². The normalized spacial score (nSPS) is 14.0. The molecule has 0 aromatic rings. The minimum Gasteiger partial charge on any atom is -0.480 e. The van der Waals surface area contributed by atoms with Crippen molar-refractivity contribution in [2.45, 2.75) is 206 Å². The van der Waals surface area contributed by atoms with Crippen LogP contribution in [0.5, 0.6) is 0 Å². The van der Waals surface area contributed by atoms with Gasteiger partial charge in [0.25, 0.3) is 0 Å². The number of esters is 2. The number of phosphoric ester groups is 1. The molecule has 0 saturated carbocycles. The number of allylic oxidation sites excluding steroid dienone is 4. The number of carboxylic acids is 1. The second kappa shape index (κ2) is 37.9. The number of carbonyl (C=O) groups excluding carboxylic acids is 2. The van der Waals surface area contributed by atoms with E-state index in [1.165, 1.54) is 96.3 Å². The summed E-state index contributed by atoms with van der Waals surface area (Å²) in [5.74, 6) is -2.39. The van der Waals surface area contributed by atoms with Gasteiger partial charge >= 0.3 is 25.7 Å². The molecule has 1 unspecified atom stereocenters. The second-order valence-electron chi connectivity index (χ2n) is 14.5. The summed E-state index contributed by atoms with van der Waals surface area (Å²) in [5.41, 5.74) is 5.32. The van der Waals surface area contributed by atoms with Gasteiger partial charge in [-0.1, -0.05) is 147 Å². The quantitative estimate of drug-likeness (QED) is 0.0233. The van der Waals surface area contributed by atoms with Crippen molar-refractivity contribution in [2.75, 3.05) is 19.8 Å². The number of nitrogens with two attached hydrogens (primary N) is 1. The lowest BCUT2D eigenvalue weighted by Crippen LogP contribution is -2.34. The van der Waals surface area contributed by atoms with E-state index < -0.39 is 51.1 Å². The van der Waals surface area contributed by atoms with E-state index in [1.807, 2.05) is 0 Å². The molecule has 3 atom stereocenters. The van der Waals surface area contributed by atoms with Gasteiger partial charge < -0.3 is 25.2 Å². The van der Waals surface area contributed by atoms with Gasteiger partial charge in [-0.2, -0.15) is 0 Å². The number of rotatable bonds is 40. The zero-order valence-corrected chi connectivity index (χ0v) is 35.0. The van der Waals surface area contributed by atoms with Crippen molar-refractivity contribution < 1.29 is 47.5 Å². The molecule has 0 aliphatic rings. The standard InChI is InChI=1S/C42H78NO10P/c1-3-5-7-9-11-13-15-16-17-18-19-20-21-22-24-26-28-30-32-34-41(45)53-38(36-51-54(48,49)52-37-39(43)42(46)47)35-50-40(44)33-31-29-27-25-23-14-12-10-8-6-4-2/h10,12,16-17,38-39H,3-9,11,13-15,18-37,43H2,1-2H3,(H,46,47)(H,48,49)/b12-10-,17-16-/t38-,39+/m1/s1. The molecule has 0 aromatic heterocycles. The summed E-state index contributed by atoms with van der Waals surface area (Å²) in [6.07, 6.45) is 38.2. The Morgan fingerprint density at radius 2 is 0.944 bits per heavy atom. The molecule has 316 valence electrons. The van der Waals surface area contributed by atoms with Crippen molar-refractivity contribution in [3.8, 4) is 0 Å². The van der Waals surface area contributed by atoms with Crippen LogP contribution in [0.3, 0.4) is 0 Å². The monoisotopic (exact) mass is 788 g/mol. The third kappa shape index (κ3) is 36.9. The zero-order valence-electron chi connectivity index (χ0n) is 34.1. The maximum absolute atomic E-state index is 12.6. The van der Waals surface area contributed by atoms with E-state index in [-0.39, 0.29) is 19.4 Å². The van der Waals surface area contributed by atoms with Crippen LogP contribution < -0.4 is 5.73 Å². The predicted octanol–water partition coefficient (Wildman–Crippen LogP) is 11.1. The number of aliphatic carboxylic acids is 1. The Morgan fingerprint density at radius 3 is 1.41 bits per heavy atom. The Balaban J connectivity index is 4.32. The Bertz CT molecular complexity index is 1020. The van der Waals surface area contributed by atoms with Crippen LogP contribution in [0.25, 0.3) is 0 Å². The fourth-order valence-electron chi connectivity index (χ4n) is 5.75. The van der Waals surface area contributed by atoms with E-state index in [0.717, 1.165) is 57.8 Å².